The molecule has 0 aliphatic heterocycles. The van der Waals surface area contributed by atoms with Gasteiger partial charge in [0.2, 0.25) is 0 Å². The van der Waals surface area contributed by atoms with E-state index in [4.69, 9.17) is 0 Å². The SMILES string of the molecule is O=C1c2ccccc2C(=O)c2c1cccc2N(c1cc(Nc2ccccc2)nnn1)c1cccc2c1C(=O)c1ccccc1C2=O. The quantitative estimate of drug-likeness (QED) is 0.232. The van der Waals surface area contributed by atoms with Crippen molar-refractivity contribution in [2.45, 2.75) is 0 Å². The van der Waals surface area contributed by atoms with Crippen LogP contribution >= 0.6 is 0 Å². The first-order valence-corrected chi connectivity index (χ1v) is 14.5. The lowest BCUT2D eigenvalue weighted by atomic mass is 9.81. The van der Waals surface area contributed by atoms with Gasteiger partial charge in [-0.25, -0.2) is 0 Å². The third kappa shape index (κ3) is 4.14. The zero-order valence-corrected chi connectivity index (χ0v) is 24.0. The number of benzene rings is 5. The van der Waals surface area contributed by atoms with Gasteiger partial charge >= 0.3 is 0 Å². The molecule has 1 N–H and O–H groups in total. The van der Waals surface area contributed by atoms with Crippen LogP contribution in [0.3, 0.4) is 0 Å². The third-order valence-corrected chi connectivity index (χ3v) is 8.18. The highest BCUT2D eigenvalue weighted by Gasteiger charge is 2.37. The van der Waals surface area contributed by atoms with Crippen molar-refractivity contribution in [2.24, 2.45) is 0 Å². The summed E-state index contributed by atoms with van der Waals surface area (Å²) in [7, 11) is 0. The number of fused-ring (bicyclic) bond motifs is 4. The molecule has 0 bridgehead atoms. The third-order valence-electron chi connectivity index (χ3n) is 8.18. The Morgan fingerprint density at radius 1 is 0.457 bits per heavy atom. The maximum absolute atomic E-state index is 14.2. The van der Waals surface area contributed by atoms with Crippen LogP contribution in [0.2, 0.25) is 0 Å². The van der Waals surface area contributed by atoms with Crippen molar-refractivity contribution in [3.05, 3.63) is 166 Å². The second-order valence-corrected chi connectivity index (χ2v) is 10.8. The van der Waals surface area contributed by atoms with Gasteiger partial charge in [-0.05, 0) is 29.5 Å². The topological polar surface area (TPSA) is 122 Å². The second-order valence-electron chi connectivity index (χ2n) is 10.8. The Morgan fingerprint density at radius 2 is 0.913 bits per heavy atom. The van der Waals surface area contributed by atoms with Gasteiger partial charge < -0.3 is 5.32 Å². The summed E-state index contributed by atoms with van der Waals surface area (Å²) in [5.74, 6) is -0.755. The first-order valence-electron chi connectivity index (χ1n) is 14.5. The molecule has 5 aromatic carbocycles. The normalized spacial score (nSPS) is 13.0. The van der Waals surface area contributed by atoms with Crippen LogP contribution in [-0.4, -0.2) is 38.5 Å². The van der Waals surface area contributed by atoms with Crippen molar-refractivity contribution < 1.29 is 19.2 Å². The molecule has 218 valence electrons. The molecule has 1 aromatic heterocycles. The van der Waals surface area contributed by atoms with Gasteiger partial charge in [-0.1, -0.05) is 91.0 Å². The number of nitrogens with one attached hydrogen (secondary N) is 1. The smallest absolute Gasteiger partial charge is 0.196 e. The van der Waals surface area contributed by atoms with Crippen LogP contribution in [0.15, 0.2) is 121 Å². The van der Waals surface area contributed by atoms with Crippen molar-refractivity contribution in [1.29, 1.82) is 0 Å². The molecule has 8 rings (SSSR count). The summed E-state index contributed by atoms with van der Waals surface area (Å²) < 4.78 is 0. The molecule has 1 heterocycles. The lowest BCUT2D eigenvalue weighted by molar-refractivity contribution is 0.0979. The number of hydrogen-bond donors (Lipinski definition) is 1. The number of carbonyl (C=O) groups is 4. The van der Waals surface area contributed by atoms with E-state index in [0.29, 0.717) is 28.3 Å². The number of anilines is 5. The van der Waals surface area contributed by atoms with Gasteiger partial charge in [0.25, 0.3) is 0 Å². The first kappa shape index (κ1) is 27.0. The van der Waals surface area contributed by atoms with E-state index in [0.717, 1.165) is 5.69 Å². The van der Waals surface area contributed by atoms with Crippen molar-refractivity contribution in [3.63, 3.8) is 0 Å². The molecular weight excluding hydrogens is 578 g/mol. The molecule has 6 aromatic rings. The van der Waals surface area contributed by atoms with Crippen LogP contribution in [0.5, 0.6) is 0 Å². The lowest BCUT2D eigenvalue weighted by Gasteiger charge is -2.31. The Bertz CT molecular complexity index is 2160. The van der Waals surface area contributed by atoms with Crippen molar-refractivity contribution >= 4 is 51.8 Å². The summed E-state index contributed by atoms with van der Waals surface area (Å²) in [6.07, 6.45) is 0. The van der Waals surface area contributed by atoms with E-state index in [-0.39, 0.29) is 62.3 Å². The summed E-state index contributed by atoms with van der Waals surface area (Å²) >= 11 is 0. The number of aromatic nitrogens is 3. The molecule has 0 spiro atoms. The van der Waals surface area contributed by atoms with Gasteiger partial charge in [0, 0.05) is 45.1 Å². The molecule has 0 unspecified atom stereocenters. The monoisotopic (exact) mass is 599 g/mol. The summed E-state index contributed by atoms with van der Waals surface area (Å²) in [5, 5.41) is 15.7. The van der Waals surface area contributed by atoms with E-state index in [1.54, 1.807) is 95.9 Å². The molecule has 0 saturated carbocycles. The zero-order valence-electron chi connectivity index (χ0n) is 24.0. The highest BCUT2D eigenvalue weighted by molar-refractivity contribution is 6.32. The molecule has 2 aliphatic carbocycles. The molecular formula is C37H21N5O4. The zero-order chi connectivity index (χ0) is 31.4. The van der Waals surface area contributed by atoms with Gasteiger partial charge in [0.1, 0.15) is 0 Å². The number of carbonyl (C=O) groups excluding carboxylic acids is 4. The minimum Gasteiger partial charge on any atom is -0.339 e. The van der Waals surface area contributed by atoms with Crippen molar-refractivity contribution in [3.8, 4) is 0 Å². The van der Waals surface area contributed by atoms with Gasteiger partial charge in [0.15, 0.2) is 34.8 Å². The summed E-state index contributed by atoms with van der Waals surface area (Å²) in [6.45, 7) is 0. The second kappa shape index (κ2) is 10.5. The Labute approximate surface area is 262 Å². The maximum atomic E-state index is 14.2. The lowest BCUT2D eigenvalue weighted by Crippen LogP contribution is -2.27. The molecule has 0 amide bonds. The predicted molar refractivity (Wildman–Crippen MR) is 171 cm³/mol. The average Bonchev–Trinajstić information content (AvgIpc) is 3.10. The van der Waals surface area contributed by atoms with Crippen LogP contribution < -0.4 is 10.2 Å². The minimum atomic E-state index is -0.354. The summed E-state index contributed by atoms with van der Waals surface area (Å²) in [6, 6.07) is 34.3. The van der Waals surface area contributed by atoms with Crippen molar-refractivity contribution in [1.82, 2.24) is 15.4 Å². The number of nitrogens with zero attached hydrogens (tertiary/aromatic N) is 4. The van der Waals surface area contributed by atoms with Crippen LogP contribution in [0, 0.1) is 0 Å². The predicted octanol–water partition coefficient (Wildman–Crippen LogP) is 6.64. The fourth-order valence-corrected chi connectivity index (χ4v) is 6.14. The van der Waals surface area contributed by atoms with Gasteiger partial charge in [-0.15, -0.1) is 10.2 Å². The molecule has 0 saturated heterocycles. The van der Waals surface area contributed by atoms with E-state index < -0.39 is 0 Å². The maximum Gasteiger partial charge on any atom is 0.196 e. The van der Waals surface area contributed by atoms with Crippen LogP contribution in [-0.2, 0) is 0 Å². The Balaban J connectivity index is 1.38. The number of para-hydroxylation sites is 1. The van der Waals surface area contributed by atoms with Crippen molar-refractivity contribution in [2.75, 3.05) is 10.2 Å². The Kier molecular flexibility index (Phi) is 6.18. The number of ketones is 4. The Morgan fingerprint density at radius 3 is 1.43 bits per heavy atom. The molecule has 0 radical (unpaired) electrons. The van der Waals surface area contributed by atoms with E-state index in [1.807, 2.05) is 30.3 Å². The largest absolute Gasteiger partial charge is 0.339 e. The molecule has 9 heteroatoms. The standard InChI is InChI=1S/C37H21N5O4/c43-34-22-12-4-6-14-24(22)36(45)32-26(34)16-8-18-28(32)42(31-20-30(39-41-40-31)38-21-10-2-1-3-11-21)29-19-9-17-27-33(29)37(46)25-15-7-5-13-23(25)35(27)44/h1-20H,(H,38,39,40). The molecule has 46 heavy (non-hydrogen) atoms. The van der Waals surface area contributed by atoms with Gasteiger partial charge in [-0.2, -0.15) is 0 Å². The van der Waals surface area contributed by atoms with E-state index in [2.05, 4.69) is 20.7 Å². The fraction of sp³-hybridized carbons (Fsp3) is 0. The minimum absolute atomic E-state index is 0.148. The molecule has 0 atom stereocenters. The van der Waals surface area contributed by atoms with Crippen LogP contribution in [0.25, 0.3) is 0 Å². The highest BCUT2D eigenvalue weighted by atomic mass is 16.1. The van der Waals surface area contributed by atoms with Crippen LogP contribution in [0.4, 0.5) is 28.7 Å². The van der Waals surface area contributed by atoms with Gasteiger partial charge in [0.05, 0.1) is 22.5 Å². The highest BCUT2D eigenvalue weighted by Crippen LogP contribution is 2.44. The average molecular weight is 600 g/mol. The van der Waals surface area contributed by atoms with E-state index in [1.165, 1.54) is 0 Å². The van der Waals surface area contributed by atoms with E-state index in [9.17, 15) is 19.2 Å². The first-order chi connectivity index (χ1) is 22.5. The summed E-state index contributed by atoms with van der Waals surface area (Å²) in [5.41, 5.74) is 3.25. The molecule has 0 fully saturated rings. The Hall–Kier alpha value is -6.61. The number of rotatable bonds is 5. The molecule has 2 aliphatic rings. The van der Waals surface area contributed by atoms with E-state index >= 15 is 0 Å². The number of hydrogen-bond acceptors (Lipinski definition) is 9. The summed E-state index contributed by atoms with van der Waals surface area (Å²) in [4.78, 5) is 57.3. The van der Waals surface area contributed by atoms with Crippen LogP contribution in [0.1, 0.15) is 63.7 Å². The van der Waals surface area contributed by atoms with Gasteiger partial charge in [-0.3, -0.25) is 24.1 Å². The fourth-order valence-electron chi connectivity index (χ4n) is 6.14. The molecule has 9 nitrogen and oxygen atoms in total.